The van der Waals surface area contributed by atoms with Crippen molar-refractivity contribution in [3.05, 3.63) is 116 Å². The molecule has 0 radical (unpaired) electrons. The summed E-state index contributed by atoms with van der Waals surface area (Å²) in [5, 5.41) is 1.33. The number of carbonyl (C=O) groups excluding carboxylic acids is 1. The van der Waals surface area contributed by atoms with Gasteiger partial charge in [0, 0.05) is 16.6 Å². The fraction of sp³-hybridized carbons (Fsp3) is 0.120. The Hall–Kier alpha value is -3.08. The molecular weight excluding hydrogens is 433 g/mol. The van der Waals surface area contributed by atoms with E-state index in [-0.39, 0.29) is 17.1 Å². The van der Waals surface area contributed by atoms with Crippen LogP contribution in [-0.2, 0) is 6.42 Å². The highest BCUT2D eigenvalue weighted by atomic mass is 35.5. The lowest BCUT2D eigenvalue weighted by atomic mass is 9.98. The van der Waals surface area contributed by atoms with Gasteiger partial charge in [0.1, 0.15) is 5.58 Å². The van der Waals surface area contributed by atoms with Gasteiger partial charge >= 0.3 is 0 Å². The van der Waals surface area contributed by atoms with Gasteiger partial charge in [-0.2, -0.15) is 0 Å². The topological polar surface area (TPSA) is 50.5 Å². The molecule has 4 aromatic rings. The van der Waals surface area contributed by atoms with Crippen LogP contribution < -0.4 is 5.43 Å². The van der Waals surface area contributed by atoms with Gasteiger partial charge in [0.2, 0.25) is 5.76 Å². The summed E-state index contributed by atoms with van der Waals surface area (Å²) in [4.78, 5) is 28.5. The van der Waals surface area contributed by atoms with Crippen molar-refractivity contribution in [1.29, 1.82) is 0 Å². The van der Waals surface area contributed by atoms with Crippen LogP contribution in [0.2, 0.25) is 10.0 Å². The second-order valence-corrected chi connectivity index (χ2v) is 8.38. The summed E-state index contributed by atoms with van der Waals surface area (Å²) in [5.74, 6) is -0.220. The highest BCUT2D eigenvalue weighted by molar-refractivity contribution is 6.31. The number of halogens is 2. The lowest BCUT2D eigenvalue weighted by Gasteiger charge is -2.25. The number of nitrogens with zero attached hydrogens (tertiary/aromatic N) is 1. The lowest BCUT2D eigenvalue weighted by Crippen LogP contribution is -2.31. The fourth-order valence-corrected chi connectivity index (χ4v) is 4.51. The molecule has 6 heteroatoms. The number of amides is 1. The van der Waals surface area contributed by atoms with Crippen LogP contribution in [-0.4, -0.2) is 17.4 Å². The minimum Gasteiger partial charge on any atom is -0.450 e. The molecule has 0 saturated carbocycles. The zero-order valence-electron chi connectivity index (χ0n) is 16.3. The largest absolute Gasteiger partial charge is 0.450 e. The van der Waals surface area contributed by atoms with Crippen LogP contribution in [0.4, 0.5) is 0 Å². The minimum atomic E-state index is -0.579. The van der Waals surface area contributed by atoms with Crippen molar-refractivity contribution >= 4 is 40.1 Å². The summed E-state index contributed by atoms with van der Waals surface area (Å²) in [6.45, 7) is 0.431. The predicted octanol–water partition coefficient (Wildman–Crippen LogP) is 5.89. The van der Waals surface area contributed by atoms with Crippen LogP contribution >= 0.6 is 23.2 Å². The Labute approximate surface area is 188 Å². The van der Waals surface area contributed by atoms with Gasteiger partial charge in [0.15, 0.2) is 5.43 Å². The Morgan fingerprint density at radius 2 is 1.65 bits per heavy atom. The van der Waals surface area contributed by atoms with Gasteiger partial charge in [-0.05, 0) is 47.9 Å². The average molecular weight is 450 g/mol. The molecule has 3 aromatic carbocycles. The minimum absolute atomic E-state index is 0.0814. The molecule has 0 fully saturated rings. The van der Waals surface area contributed by atoms with E-state index in [1.54, 1.807) is 35.2 Å². The van der Waals surface area contributed by atoms with Crippen molar-refractivity contribution in [3.8, 4) is 0 Å². The summed E-state index contributed by atoms with van der Waals surface area (Å²) >= 11 is 12.4. The van der Waals surface area contributed by atoms with Crippen LogP contribution in [0.15, 0.2) is 82.0 Å². The SMILES string of the molecule is O=C1c2oc3ccc(Cl)cc3c(=O)c2[C@@H](c2cccc(Cl)c2)N1CCc1ccccc1. The van der Waals surface area contributed by atoms with Crippen molar-refractivity contribution in [1.82, 2.24) is 4.90 Å². The molecule has 154 valence electrons. The monoisotopic (exact) mass is 449 g/mol. The van der Waals surface area contributed by atoms with E-state index < -0.39 is 6.04 Å². The quantitative estimate of drug-likeness (QED) is 0.390. The standard InChI is InChI=1S/C25H17Cl2NO3/c26-17-8-4-7-16(13-17)22-21-23(29)19-14-18(27)9-10-20(19)31-24(21)25(30)28(22)12-11-15-5-2-1-3-6-15/h1-10,13-14,22H,11-12H2/t22-/m1/s1. The molecule has 0 aliphatic carbocycles. The summed E-state index contributed by atoms with van der Waals surface area (Å²) < 4.78 is 5.93. The van der Waals surface area contributed by atoms with Crippen molar-refractivity contribution in [2.24, 2.45) is 0 Å². The summed E-state index contributed by atoms with van der Waals surface area (Å²) in [5.41, 5.74) is 2.29. The van der Waals surface area contributed by atoms with Gasteiger partial charge in [-0.25, -0.2) is 0 Å². The Kier molecular flexibility index (Phi) is 5.05. The van der Waals surface area contributed by atoms with E-state index in [2.05, 4.69) is 0 Å². The first-order valence-electron chi connectivity index (χ1n) is 9.89. The molecule has 0 saturated heterocycles. The normalized spacial score (nSPS) is 15.5. The second kappa shape index (κ2) is 7.88. The highest BCUT2D eigenvalue weighted by Crippen LogP contribution is 2.39. The van der Waals surface area contributed by atoms with Crippen molar-refractivity contribution in [2.45, 2.75) is 12.5 Å². The molecule has 4 nitrogen and oxygen atoms in total. The Bertz CT molecular complexity index is 1360. The van der Waals surface area contributed by atoms with Gasteiger partial charge in [0.25, 0.3) is 5.91 Å². The molecule has 0 N–H and O–H groups in total. The van der Waals surface area contributed by atoms with Crippen LogP contribution in [0, 0.1) is 0 Å². The summed E-state index contributed by atoms with van der Waals surface area (Å²) in [6, 6.07) is 21.4. The molecule has 1 amide bonds. The molecule has 5 rings (SSSR count). The lowest BCUT2D eigenvalue weighted by molar-refractivity contribution is 0.0730. The van der Waals surface area contributed by atoms with E-state index in [1.165, 1.54) is 0 Å². The van der Waals surface area contributed by atoms with Crippen LogP contribution in [0.25, 0.3) is 11.0 Å². The first-order valence-corrected chi connectivity index (χ1v) is 10.6. The predicted molar refractivity (Wildman–Crippen MR) is 122 cm³/mol. The van der Waals surface area contributed by atoms with Crippen molar-refractivity contribution in [3.63, 3.8) is 0 Å². The first-order chi connectivity index (χ1) is 15.0. The molecule has 31 heavy (non-hydrogen) atoms. The van der Waals surface area contributed by atoms with Crippen LogP contribution in [0.1, 0.15) is 33.3 Å². The zero-order valence-corrected chi connectivity index (χ0v) is 17.9. The van der Waals surface area contributed by atoms with E-state index in [0.717, 1.165) is 11.1 Å². The smallest absolute Gasteiger partial charge is 0.290 e. The Balaban J connectivity index is 1.67. The number of benzene rings is 3. The number of rotatable bonds is 4. The zero-order chi connectivity index (χ0) is 21.5. The maximum Gasteiger partial charge on any atom is 0.290 e. The third kappa shape index (κ3) is 3.52. The maximum atomic E-state index is 13.5. The van der Waals surface area contributed by atoms with Gasteiger partial charge in [-0.1, -0.05) is 65.7 Å². The fourth-order valence-electron chi connectivity index (χ4n) is 4.14. The van der Waals surface area contributed by atoms with Gasteiger partial charge < -0.3 is 9.32 Å². The number of hydrogen-bond acceptors (Lipinski definition) is 3. The molecule has 0 spiro atoms. The molecule has 0 unspecified atom stereocenters. The highest BCUT2D eigenvalue weighted by Gasteiger charge is 2.42. The molecular formula is C25H17Cl2NO3. The third-order valence-electron chi connectivity index (χ3n) is 5.58. The van der Waals surface area contributed by atoms with E-state index in [4.69, 9.17) is 27.6 Å². The van der Waals surface area contributed by atoms with Gasteiger partial charge in [0.05, 0.1) is 17.0 Å². The van der Waals surface area contributed by atoms with E-state index in [1.807, 2.05) is 42.5 Å². The first kappa shape index (κ1) is 19.9. The number of fused-ring (bicyclic) bond motifs is 2. The molecule has 1 aromatic heterocycles. The summed E-state index contributed by atoms with van der Waals surface area (Å²) in [6.07, 6.45) is 0.650. The second-order valence-electron chi connectivity index (χ2n) is 7.51. The molecule has 0 bridgehead atoms. The van der Waals surface area contributed by atoms with Gasteiger partial charge in [-0.15, -0.1) is 0 Å². The summed E-state index contributed by atoms with van der Waals surface area (Å²) in [7, 11) is 0. The Morgan fingerprint density at radius 3 is 2.42 bits per heavy atom. The number of carbonyl (C=O) groups is 1. The van der Waals surface area contributed by atoms with Gasteiger partial charge in [-0.3, -0.25) is 9.59 Å². The number of hydrogen-bond donors (Lipinski definition) is 0. The maximum absolute atomic E-state index is 13.5. The molecule has 1 aliphatic heterocycles. The van der Waals surface area contributed by atoms with Crippen LogP contribution in [0.5, 0.6) is 0 Å². The third-order valence-corrected chi connectivity index (χ3v) is 6.05. The van der Waals surface area contributed by atoms with Crippen LogP contribution in [0.3, 0.4) is 0 Å². The Morgan fingerprint density at radius 1 is 0.871 bits per heavy atom. The molecule has 2 heterocycles. The van der Waals surface area contributed by atoms with E-state index >= 15 is 0 Å². The average Bonchev–Trinajstić information content (AvgIpc) is 3.05. The molecule has 1 aliphatic rings. The van der Waals surface area contributed by atoms with E-state index in [9.17, 15) is 9.59 Å². The van der Waals surface area contributed by atoms with E-state index in [0.29, 0.717) is 39.5 Å². The molecule has 1 atom stereocenters. The van der Waals surface area contributed by atoms with Crippen molar-refractivity contribution < 1.29 is 9.21 Å². The van der Waals surface area contributed by atoms with Crippen molar-refractivity contribution in [2.75, 3.05) is 6.54 Å².